The molecule has 3 amide bonds. The van der Waals surface area contributed by atoms with Crippen molar-refractivity contribution in [1.29, 1.82) is 0 Å². The number of aromatic nitrogens is 3. The van der Waals surface area contributed by atoms with Gasteiger partial charge in [0.15, 0.2) is 5.65 Å². The zero-order valence-corrected chi connectivity index (χ0v) is 15.5. The van der Waals surface area contributed by atoms with Gasteiger partial charge in [-0.05, 0) is 18.1 Å². The first-order chi connectivity index (χ1) is 13.7. The van der Waals surface area contributed by atoms with E-state index in [-0.39, 0.29) is 11.9 Å². The number of carbonyl (C=O) groups is 2. The predicted molar refractivity (Wildman–Crippen MR) is 105 cm³/mol. The van der Waals surface area contributed by atoms with Gasteiger partial charge in [0.05, 0.1) is 11.9 Å². The van der Waals surface area contributed by atoms with Crippen LogP contribution in [0.5, 0.6) is 0 Å². The molecule has 0 aliphatic carbocycles. The summed E-state index contributed by atoms with van der Waals surface area (Å²) in [6.45, 7) is 2.98. The van der Waals surface area contributed by atoms with Gasteiger partial charge in [-0.25, -0.2) is 14.8 Å². The summed E-state index contributed by atoms with van der Waals surface area (Å²) < 4.78 is 2.00. The molecule has 3 heterocycles. The molecule has 0 bridgehead atoms. The van der Waals surface area contributed by atoms with E-state index < -0.39 is 0 Å². The van der Waals surface area contributed by atoms with Crippen LogP contribution in [-0.2, 0) is 13.0 Å². The minimum Gasteiger partial charge on any atom is -0.350 e. The van der Waals surface area contributed by atoms with Crippen LogP contribution in [0.3, 0.4) is 0 Å². The van der Waals surface area contributed by atoms with E-state index in [0.29, 0.717) is 37.3 Å². The van der Waals surface area contributed by atoms with Crippen molar-refractivity contribution in [3.63, 3.8) is 0 Å². The van der Waals surface area contributed by atoms with Crippen LogP contribution in [0.1, 0.15) is 15.9 Å². The van der Waals surface area contributed by atoms with Crippen LogP contribution in [0.25, 0.3) is 11.2 Å². The summed E-state index contributed by atoms with van der Waals surface area (Å²) in [5.41, 5.74) is 3.18. The Morgan fingerprint density at radius 1 is 1.18 bits per heavy atom. The highest BCUT2D eigenvalue weighted by atomic mass is 16.2. The van der Waals surface area contributed by atoms with E-state index in [1.54, 1.807) is 23.5 Å². The van der Waals surface area contributed by atoms with Crippen LogP contribution in [0.4, 0.5) is 4.79 Å². The maximum Gasteiger partial charge on any atom is 0.317 e. The number of carbonyl (C=O) groups excluding carboxylic acids is 2. The van der Waals surface area contributed by atoms with Crippen molar-refractivity contribution in [2.24, 2.45) is 0 Å². The number of fused-ring (bicyclic) bond motifs is 1. The van der Waals surface area contributed by atoms with E-state index in [4.69, 9.17) is 0 Å². The van der Waals surface area contributed by atoms with Crippen molar-refractivity contribution in [3.8, 4) is 0 Å². The van der Waals surface area contributed by atoms with E-state index in [9.17, 15) is 9.59 Å². The number of aryl methyl sites for hydroxylation is 2. The van der Waals surface area contributed by atoms with E-state index in [2.05, 4.69) is 32.7 Å². The average molecular weight is 378 g/mol. The number of urea groups is 1. The molecule has 8 heteroatoms. The first kappa shape index (κ1) is 18.0. The molecule has 1 aliphatic heterocycles. The number of benzene rings is 1. The molecule has 0 spiro atoms. The van der Waals surface area contributed by atoms with Gasteiger partial charge in [0.2, 0.25) is 0 Å². The quantitative estimate of drug-likeness (QED) is 0.651. The fourth-order valence-corrected chi connectivity index (χ4v) is 3.26. The largest absolute Gasteiger partial charge is 0.350 e. The molecule has 0 radical (unpaired) electrons. The maximum absolute atomic E-state index is 12.4. The Balaban J connectivity index is 1.36. The number of nitrogens with one attached hydrogen (secondary N) is 2. The molecule has 2 N–H and O–H groups in total. The molecule has 2 aromatic heterocycles. The van der Waals surface area contributed by atoms with Gasteiger partial charge in [-0.3, -0.25) is 4.79 Å². The average Bonchev–Trinajstić information content (AvgIpc) is 3.32. The molecule has 0 unspecified atom stereocenters. The number of hydrogen-bond donors (Lipinski definition) is 2. The van der Waals surface area contributed by atoms with Gasteiger partial charge in [-0.2, -0.15) is 0 Å². The molecular formula is C20H22N6O2. The van der Waals surface area contributed by atoms with Crippen LogP contribution in [0, 0.1) is 0 Å². The highest BCUT2D eigenvalue weighted by Crippen LogP contribution is 2.13. The Hall–Kier alpha value is -3.42. The SMILES string of the molecule is O=C(NCCN1CCNC1=O)c1cnc2c(c1)ncn2CCc1ccccc1. The summed E-state index contributed by atoms with van der Waals surface area (Å²) in [5, 5.41) is 5.57. The predicted octanol–water partition coefficient (Wildman–Crippen LogP) is 1.43. The van der Waals surface area contributed by atoms with Crippen molar-refractivity contribution in [3.05, 3.63) is 60.0 Å². The summed E-state index contributed by atoms with van der Waals surface area (Å²) in [4.78, 5) is 34.4. The van der Waals surface area contributed by atoms with E-state index in [0.717, 1.165) is 18.6 Å². The minimum atomic E-state index is -0.215. The molecule has 28 heavy (non-hydrogen) atoms. The lowest BCUT2D eigenvalue weighted by atomic mass is 10.1. The summed E-state index contributed by atoms with van der Waals surface area (Å²) >= 11 is 0. The Kier molecular flexibility index (Phi) is 5.18. The van der Waals surface area contributed by atoms with Crippen LogP contribution in [-0.4, -0.2) is 57.6 Å². The second kappa shape index (κ2) is 8.08. The second-order valence-corrected chi connectivity index (χ2v) is 6.72. The first-order valence-electron chi connectivity index (χ1n) is 9.36. The standard InChI is InChI=1S/C20H22N6O2/c27-19(21-7-10-25-11-8-22-20(25)28)16-12-17-18(23-13-16)26(14-24-17)9-6-15-4-2-1-3-5-15/h1-5,12-14H,6-11H2,(H,21,27)(H,22,28). The lowest BCUT2D eigenvalue weighted by molar-refractivity contribution is 0.0950. The number of pyridine rings is 1. The lowest BCUT2D eigenvalue weighted by Crippen LogP contribution is -2.36. The summed E-state index contributed by atoms with van der Waals surface area (Å²) in [7, 11) is 0. The molecule has 0 atom stereocenters. The van der Waals surface area contributed by atoms with Crippen molar-refractivity contribution < 1.29 is 9.59 Å². The molecule has 144 valence electrons. The Morgan fingerprint density at radius 2 is 2.04 bits per heavy atom. The minimum absolute atomic E-state index is 0.0848. The van der Waals surface area contributed by atoms with Gasteiger partial charge in [0.25, 0.3) is 5.91 Å². The Bertz CT molecular complexity index is 985. The molecule has 8 nitrogen and oxygen atoms in total. The van der Waals surface area contributed by atoms with Crippen molar-refractivity contribution in [2.75, 3.05) is 26.2 Å². The van der Waals surface area contributed by atoms with E-state index in [1.165, 1.54) is 5.56 Å². The smallest absolute Gasteiger partial charge is 0.317 e. The van der Waals surface area contributed by atoms with Gasteiger partial charge in [0, 0.05) is 38.9 Å². The lowest BCUT2D eigenvalue weighted by Gasteiger charge is -2.14. The summed E-state index contributed by atoms with van der Waals surface area (Å²) in [6.07, 6.45) is 4.22. The number of imidazole rings is 1. The molecule has 1 aliphatic rings. The summed E-state index contributed by atoms with van der Waals surface area (Å²) in [5.74, 6) is -0.215. The van der Waals surface area contributed by atoms with Crippen molar-refractivity contribution in [1.82, 2.24) is 30.1 Å². The summed E-state index contributed by atoms with van der Waals surface area (Å²) in [6, 6.07) is 11.9. The van der Waals surface area contributed by atoms with Crippen LogP contribution in [0.2, 0.25) is 0 Å². The zero-order valence-electron chi connectivity index (χ0n) is 15.5. The normalized spacial score (nSPS) is 13.7. The molecule has 1 aromatic carbocycles. The van der Waals surface area contributed by atoms with Crippen LogP contribution < -0.4 is 10.6 Å². The first-order valence-corrected chi connectivity index (χ1v) is 9.36. The highest BCUT2D eigenvalue weighted by molar-refractivity contribution is 5.96. The second-order valence-electron chi connectivity index (χ2n) is 6.72. The third kappa shape index (κ3) is 3.95. The third-order valence-electron chi connectivity index (χ3n) is 4.81. The molecular weight excluding hydrogens is 356 g/mol. The molecule has 0 saturated carbocycles. The van der Waals surface area contributed by atoms with Crippen LogP contribution >= 0.6 is 0 Å². The highest BCUT2D eigenvalue weighted by Gasteiger charge is 2.19. The van der Waals surface area contributed by atoms with Gasteiger partial charge < -0.3 is 20.1 Å². The fraction of sp³-hybridized carbons (Fsp3) is 0.300. The molecule has 1 saturated heterocycles. The van der Waals surface area contributed by atoms with Gasteiger partial charge >= 0.3 is 6.03 Å². The zero-order chi connectivity index (χ0) is 19.3. The number of nitrogens with zero attached hydrogens (tertiary/aromatic N) is 4. The van der Waals surface area contributed by atoms with Gasteiger partial charge in [-0.1, -0.05) is 30.3 Å². The number of hydrogen-bond acceptors (Lipinski definition) is 4. The van der Waals surface area contributed by atoms with E-state index >= 15 is 0 Å². The van der Waals surface area contributed by atoms with E-state index in [1.807, 2.05) is 22.8 Å². The monoisotopic (exact) mass is 378 g/mol. The van der Waals surface area contributed by atoms with Crippen molar-refractivity contribution >= 4 is 23.1 Å². The number of amides is 3. The maximum atomic E-state index is 12.4. The molecule has 4 rings (SSSR count). The molecule has 3 aromatic rings. The Morgan fingerprint density at radius 3 is 2.82 bits per heavy atom. The Labute approximate surface area is 162 Å². The van der Waals surface area contributed by atoms with Crippen LogP contribution in [0.15, 0.2) is 48.9 Å². The fourth-order valence-electron chi connectivity index (χ4n) is 3.26. The van der Waals surface area contributed by atoms with Gasteiger partial charge in [0.1, 0.15) is 5.52 Å². The van der Waals surface area contributed by atoms with Gasteiger partial charge in [-0.15, -0.1) is 0 Å². The third-order valence-corrected chi connectivity index (χ3v) is 4.81. The molecule has 1 fully saturated rings. The topological polar surface area (TPSA) is 92.2 Å². The number of rotatable bonds is 7. The van der Waals surface area contributed by atoms with Crippen molar-refractivity contribution in [2.45, 2.75) is 13.0 Å².